The molecule has 0 saturated carbocycles. The summed E-state index contributed by atoms with van der Waals surface area (Å²) in [4.78, 5) is 0. The zero-order valence-corrected chi connectivity index (χ0v) is 11.5. The van der Waals surface area contributed by atoms with E-state index in [1.54, 1.807) is 0 Å². The molecule has 0 saturated heterocycles. The summed E-state index contributed by atoms with van der Waals surface area (Å²) in [5.41, 5.74) is 1.50. The van der Waals surface area contributed by atoms with E-state index in [2.05, 4.69) is 31.1 Å². The van der Waals surface area contributed by atoms with Gasteiger partial charge >= 0.3 is 0 Å². The van der Waals surface area contributed by atoms with Crippen LogP contribution in [0.1, 0.15) is 39.3 Å². The Morgan fingerprint density at radius 2 is 2.00 bits per heavy atom. The van der Waals surface area contributed by atoms with Crippen LogP contribution >= 0.6 is 0 Å². The molecule has 1 N–H and O–H groups in total. The van der Waals surface area contributed by atoms with Gasteiger partial charge in [-0.2, -0.15) is 5.10 Å². The highest BCUT2D eigenvalue weighted by atomic mass is 16.3. The minimum absolute atomic E-state index is 0.619. The summed E-state index contributed by atoms with van der Waals surface area (Å²) in [5.74, 6) is 0. The topological polar surface area (TPSA) is 38.1 Å². The largest absolute Gasteiger partial charge is 0.390 e. The molecular formula is C15H22N2O. The molecule has 3 nitrogen and oxygen atoms in total. The Labute approximate surface area is 108 Å². The van der Waals surface area contributed by atoms with Gasteiger partial charge in [0, 0.05) is 18.4 Å². The van der Waals surface area contributed by atoms with E-state index in [0.717, 1.165) is 36.0 Å². The fourth-order valence-electron chi connectivity index (χ4n) is 2.56. The van der Waals surface area contributed by atoms with Crippen molar-refractivity contribution in [2.45, 2.75) is 52.2 Å². The van der Waals surface area contributed by atoms with Crippen LogP contribution in [0.4, 0.5) is 0 Å². The minimum Gasteiger partial charge on any atom is -0.390 e. The lowest BCUT2D eigenvalue weighted by atomic mass is 9.94. The van der Waals surface area contributed by atoms with Crippen LogP contribution in [0.5, 0.6) is 0 Å². The van der Waals surface area contributed by atoms with E-state index in [1.807, 2.05) is 23.7 Å². The molecule has 0 amide bonds. The summed E-state index contributed by atoms with van der Waals surface area (Å²) >= 11 is 0. The summed E-state index contributed by atoms with van der Waals surface area (Å²) in [7, 11) is 0. The highest BCUT2D eigenvalue weighted by molar-refractivity contribution is 5.82. The van der Waals surface area contributed by atoms with Gasteiger partial charge in [-0.15, -0.1) is 0 Å². The molecule has 0 aliphatic heterocycles. The number of nitrogens with zero attached hydrogens (tertiary/aromatic N) is 2. The lowest BCUT2D eigenvalue weighted by molar-refractivity contribution is 0.0497. The van der Waals surface area contributed by atoms with Crippen molar-refractivity contribution in [2.75, 3.05) is 0 Å². The second-order valence-corrected chi connectivity index (χ2v) is 5.20. The second-order valence-electron chi connectivity index (χ2n) is 5.20. The molecular weight excluding hydrogens is 224 g/mol. The first kappa shape index (κ1) is 13.1. The molecule has 1 atom stereocenters. The van der Waals surface area contributed by atoms with Crippen LogP contribution in [0, 0.1) is 0 Å². The van der Waals surface area contributed by atoms with E-state index in [0.29, 0.717) is 6.42 Å². The number of aromatic nitrogens is 2. The van der Waals surface area contributed by atoms with Crippen molar-refractivity contribution in [3.05, 3.63) is 30.0 Å². The van der Waals surface area contributed by atoms with E-state index < -0.39 is 5.60 Å². The predicted molar refractivity (Wildman–Crippen MR) is 74.6 cm³/mol. The number of benzene rings is 1. The monoisotopic (exact) mass is 246 g/mol. The normalized spacial score (nSPS) is 14.9. The van der Waals surface area contributed by atoms with Crippen molar-refractivity contribution < 1.29 is 5.11 Å². The van der Waals surface area contributed by atoms with Crippen LogP contribution in [0.15, 0.2) is 24.3 Å². The molecule has 1 unspecified atom stereocenters. The van der Waals surface area contributed by atoms with E-state index in [9.17, 15) is 5.11 Å². The second kappa shape index (κ2) is 5.11. The standard InChI is InChI=1S/C15H22N2O/c1-4-10-15(3,18)11-13-12-8-6-7-9-14(12)17(5-2)16-13/h6-9,18H,4-5,10-11H2,1-3H3. The fraction of sp³-hybridized carbons (Fsp3) is 0.533. The van der Waals surface area contributed by atoms with Crippen LogP contribution < -0.4 is 0 Å². The molecule has 0 spiro atoms. The number of rotatable bonds is 5. The maximum absolute atomic E-state index is 10.4. The molecule has 0 aliphatic carbocycles. The molecule has 3 heteroatoms. The van der Waals surface area contributed by atoms with Crippen LogP contribution in [0.2, 0.25) is 0 Å². The lowest BCUT2D eigenvalue weighted by Crippen LogP contribution is -2.27. The van der Waals surface area contributed by atoms with Gasteiger partial charge in [-0.25, -0.2) is 0 Å². The van der Waals surface area contributed by atoms with E-state index in [4.69, 9.17) is 0 Å². The SMILES string of the molecule is CCCC(C)(O)Cc1nn(CC)c2ccccc12. The summed E-state index contributed by atoms with van der Waals surface area (Å²) in [5, 5.41) is 16.2. The zero-order chi connectivity index (χ0) is 13.2. The molecule has 0 fully saturated rings. The van der Waals surface area contributed by atoms with E-state index in [-0.39, 0.29) is 0 Å². The van der Waals surface area contributed by atoms with Gasteiger partial charge < -0.3 is 5.11 Å². The van der Waals surface area contributed by atoms with Crippen molar-refractivity contribution >= 4 is 10.9 Å². The highest BCUT2D eigenvalue weighted by Gasteiger charge is 2.23. The van der Waals surface area contributed by atoms with Crippen molar-refractivity contribution in [1.82, 2.24) is 9.78 Å². The molecule has 1 heterocycles. The number of hydrogen-bond acceptors (Lipinski definition) is 2. The molecule has 98 valence electrons. The molecule has 2 aromatic rings. The molecule has 1 aromatic carbocycles. The number of para-hydroxylation sites is 1. The van der Waals surface area contributed by atoms with Crippen LogP contribution in [0.25, 0.3) is 10.9 Å². The Hall–Kier alpha value is -1.35. The smallest absolute Gasteiger partial charge is 0.0731 e. The van der Waals surface area contributed by atoms with Gasteiger partial charge in [0.15, 0.2) is 0 Å². The maximum atomic E-state index is 10.4. The minimum atomic E-state index is -0.662. The van der Waals surface area contributed by atoms with E-state index in [1.165, 1.54) is 0 Å². The Morgan fingerprint density at radius 3 is 2.67 bits per heavy atom. The average Bonchev–Trinajstić information content (AvgIpc) is 2.67. The highest BCUT2D eigenvalue weighted by Crippen LogP contribution is 2.24. The van der Waals surface area contributed by atoms with Crippen LogP contribution in [-0.2, 0) is 13.0 Å². The number of aryl methyl sites for hydroxylation is 1. The van der Waals surface area contributed by atoms with Crippen LogP contribution in [-0.4, -0.2) is 20.5 Å². The molecule has 1 aromatic heterocycles. The van der Waals surface area contributed by atoms with Gasteiger partial charge in [0.25, 0.3) is 0 Å². The Bertz CT molecular complexity index is 528. The summed E-state index contributed by atoms with van der Waals surface area (Å²) in [6.45, 7) is 6.94. The van der Waals surface area contributed by atoms with Gasteiger partial charge in [0.1, 0.15) is 0 Å². The Morgan fingerprint density at radius 1 is 1.28 bits per heavy atom. The van der Waals surface area contributed by atoms with Gasteiger partial charge in [0.05, 0.1) is 16.8 Å². The zero-order valence-electron chi connectivity index (χ0n) is 11.5. The third-order valence-corrected chi connectivity index (χ3v) is 3.37. The van der Waals surface area contributed by atoms with Crippen molar-refractivity contribution in [3.8, 4) is 0 Å². The predicted octanol–water partition coefficient (Wildman–Crippen LogP) is 3.15. The van der Waals surface area contributed by atoms with Gasteiger partial charge in [-0.1, -0.05) is 31.5 Å². The molecule has 18 heavy (non-hydrogen) atoms. The van der Waals surface area contributed by atoms with Gasteiger partial charge in [-0.3, -0.25) is 4.68 Å². The first-order chi connectivity index (χ1) is 8.57. The molecule has 0 radical (unpaired) electrons. The first-order valence-electron chi connectivity index (χ1n) is 6.74. The number of fused-ring (bicyclic) bond motifs is 1. The third-order valence-electron chi connectivity index (χ3n) is 3.37. The maximum Gasteiger partial charge on any atom is 0.0731 e. The van der Waals surface area contributed by atoms with Gasteiger partial charge in [-0.05, 0) is 26.3 Å². The number of hydrogen-bond donors (Lipinski definition) is 1. The van der Waals surface area contributed by atoms with Gasteiger partial charge in [0.2, 0.25) is 0 Å². The quantitative estimate of drug-likeness (QED) is 0.880. The fourth-order valence-corrected chi connectivity index (χ4v) is 2.56. The number of aliphatic hydroxyl groups is 1. The Balaban J connectivity index is 2.39. The van der Waals surface area contributed by atoms with Crippen molar-refractivity contribution in [2.24, 2.45) is 0 Å². The van der Waals surface area contributed by atoms with E-state index >= 15 is 0 Å². The summed E-state index contributed by atoms with van der Waals surface area (Å²) < 4.78 is 2.01. The molecule has 2 rings (SSSR count). The third kappa shape index (κ3) is 2.56. The average molecular weight is 246 g/mol. The molecule has 0 bridgehead atoms. The van der Waals surface area contributed by atoms with Crippen LogP contribution in [0.3, 0.4) is 0 Å². The summed E-state index contributed by atoms with van der Waals surface area (Å²) in [6, 6.07) is 8.24. The molecule has 0 aliphatic rings. The Kier molecular flexibility index (Phi) is 3.71. The van der Waals surface area contributed by atoms with Crippen molar-refractivity contribution in [3.63, 3.8) is 0 Å². The summed E-state index contributed by atoms with van der Waals surface area (Å²) in [6.07, 6.45) is 2.41. The lowest BCUT2D eigenvalue weighted by Gasteiger charge is -2.21. The first-order valence-corrected chi connectivity index (χ1v) is 6.74. The van der Waals surface area contributed by atoms with Crippen molar-refractivity contribution in [1.29, 1.82) is 0 Å².